The molecule has 0 saturated heterocycles. The lowest BCUT2D eigenvalue weighted by atomic mass is 10.1. The van der Waals surface area contributed by atoms with Gasteiger partial charge in [0.1, 0.15) is 11.5 Å². The highest BCUT2D eigenvalue weighted by Gasteiger charge is 2.21. The van der Waals surface area contributed by atoms with Crippen LogP contribution in [0.15, 0.2) is 24.7 Å². The average Bonchev–Trinajstić information content (AvgIpc) is 2.72. The normalized spacial score (nSPS) is 12.4. The first-order valence-electron chi connectivity index (χ1n) is 5.51. The van der Waals surface area contributed by atoms with Crippen molar-refractivity contribution in [3.05, 3.63) is 41.7 Å². The summed E-state index contributed by atoms with van der Waals surface area (Å²) in [7, 11) is 5.19. The molecule has 5 nitrogen and oxygen atoms in total. The zero-order valence-corrected chi connectivity index (χ0v) is 10.5. The smallest absolute Gasteiger partial charge is 0.161 e. The SMILES string of the molecule is CNC(c1cncc(F)c1)c1c(OC)cnn1C. The first kappa shape index (κ1) is 12.5. The molecular weight excluding hydrogens is 235 g/mol. The predicted molar refractivity (Wildman–Crippen MR) is 64.9 cm³/mol. The largest absolute Gasteiger partial charge is 0.493 e. The summed E-state index contributed by atoms with van der Waals surface area (Å²) in [5.41, 5.74) is 1.55. The Kier molecular flexibility index (Phi) is 3.57. The van der Waals surface area contributed by atoms with E-state index in [1.807, 2.05) is 7.05 Å². The van der Waals surface area contributed by atoms with E-state index in [4.69, 9.17) is 4.74 Å². The second-order valence-electron chi connectivity index (χ2n) is 3.88. The van der Waals surface area contributed by atoms with Gasteiger partial charge in [0.15, 0.2) is 5.75 Å². The lowest BCUT2D eigenvalue weighted by molar-refractivity contribution is 0.402. The van der Waals surface area contributed by atoms with Gasteiger partial charge >= 0.3 is 0 Å². The molecule has 2 aromatic rings. The number of hydrogen-bond donors (Lipinski definition) is 1. The minimum atomic E-state index is -0.367. The van der Waals surface area contributed by atoms with E-state index < -0.39 is 0 Å². The molecule has 1 N–H and O–H groups in total. The number of nitrogens with one attached hydrogen (secondary N) is 1. The van der Waals surface area contributed by atoms with Crippen LogP contribution in [0.25, 0.3) is 0 Å². The lowest BCUT2D eigenvalue weighted by Crippen LogP contribution is -2.21. The molecule has 18 heavy (non-hydrogen) atoms. The maximum Gasteiger partial charge on any atom is 0.161 e. The van der Waals surface area contributed by atoms with Crippen LogP contribution in [-0.4, -0.2) is 28.9 Å². The van der Waals surface area contributed by atoms with E-state index in [0.717, 1.165) is 11.3 Å². The van der Waals surface area contributed by atoms with E-state index in [-0.39, 0.29) is 11.9 Å². The van der Waals surface area contributed by atoms with Gasteiger partial charge in [0.25, 0.3) is 0 Å². The van der Waals surface area contributed by atoms with Crippen LogP contribution >= 0.6 is 0 Å². The van der Waals surface area contributed by atoms with Crippen LogP contribution in [0.1, 0.15) is 17.3 Å². The summed E-state index contributed by atoms with van der Waals surface area (Å²) >= 11 is 0. The van der Waals surface area contributed by atoms with Gasteiger partial charge < -0.3 is 10.1 Å². The first-order valence-corrected chi connectivity index (χ1v) is 5.51. The molecule has 0 saturated carbocycles. The van der Waals surface area contributed by atoms with E-state index in [2.05, 4.69) is 15.4 Å². The third-order valence-electron chi connectivity index (χ3n) is 2.79. The summed E-state index contributed by atoms with van der Waals surface area (Å²) in [6.45, 7) is 0. The van der Waals surface area contributed by atoms with Crippen molar-refractivity contribution in [1.29, 1.82) is 0 Å². The average molecular weight is 250 g/mol. The Morgan fingerprint density at radius 2 is 2.17 bits per heavy atom. The van der Waals surface area contributed by atoms with E-state index in [9.17, 15) is 4.39 Å². The van der Waals surface area contributed by atoms with Crippen molar-refractivity contribution in [2.45, 2.75) is 6.04 Å². The van der Waals surface area contributed by atoms with Gasteiger partial charge in [0.05, 0.1) is 25.5 Å². The first-order chi connectivity index (χ1) is 8.67. The second kappa shape index (κ2) is 5.14. The molecule has 96 valence electrons. The summed E-state index contributed by atoms with van der Waals surface area (Å²) < 4.78 is 20.2. The number of rotatable bonds is 4. The van der Waals surface area contributed by atoms with Crippen LogP contribution < -0.4 is 10.1 Å². The summed E-state index contributed by atoms with van der Waals surface area (Å²) in [6.07, 6.45) is 4.43. The molecule has 2 heterocycles. The highest BCUT2D eigenvalue weighted by molar-refractivity contribution is 5.35. The Bertz CT molecular complexity index is 541. The molecule has 6 heteroatoms. The fourth-order valence-corrected chi connectivity index (χ4v) is 1.96. The van der Waals surface area contributed by atoms with Crippen LogP contribution in [0.3, 0.4) is 0 Å². The molecule has 0 aromatic carbocycles. The Morgan fingerprint density at radius 3 is 2.78 bits per heavy atom. The Balaban J connectivity index is 2.48. The highest BCUT2D eigenvalue weighted by atomic mass is 19.1. The number of pyridine rings is 1. The van der Waals surface area contributed by atoms with Crippen LogP contribution in [0, 0.1) is 5.82 Å². The summed E-state index contributed by atoms with van der Waals surface area (Å²) in [6, 6.07) is 1.22. The van der Waals surface area contributed by atoms with Gasteiger partial charge in [-0.2, -0.15) is 5.10 Å². The van der Waals surface area contributed by atoms with Crippen LogP contribution in [0.2, 0.25) is 0 Å². The minimum absolute atomic E-state index is 0.226. The van der Waals surface area contributed by atoms with E-state index in [0.29, 0.717) is 5.75 Å². The standard InChI is InChI=1S/C12H15FN4O/c1-14-11(8-4-9(13)6-15-5-8)12-10(18-3)7-16-17(12)2/h4-7,11,14H,1-3H3. The number of ether oxygens (including phenoxy) is 1. The maximum atomic E-state index is 13.2. The topological polar surface area (TPSA) is 52.0 Å². The molecule has 0 bridgehead atoms. The Labute approximate surface area is 105 Å². The van der Waals surface area contributed by atoms with Crippen molar-refractivity contribution in [3.63, 3.8) is 0 Å². The molecule has 0 radical (unpaired) electrons. The number of nitrogens with zero attached hydrogens (tertiary/aromatic N) is 3. The fourth-order valence-electron chi connectivity index (χ4n) is 1.96. The van der Waals surface area contributed by atoms with Crippen molar-refractivity contribution in [1.82, 2.24) is 20.1 Å². The number of aromatic nitrogens is 3. The quantitative estimate of drug-likeness (QED) is 0.888. The van der Waals surface area contributed by atoms with Gasteiger partial charge in [-0.15, -0.1) is 0 Å². The molecular formula is C12H15FN4O. The number of aryl methyl sites for hydroxylation is 1. The van der Waals surface area contributed by atoms with Crippen molar-refractivity contribution < 1.29 is 9.13 Å². The molecule has 2 aromatic heterocycles. The van der Waals surface area contributed by atoms with Gasteiger partial charge in [-0.25, -0.2) is 4.39 Å². The molecule has 0 aliphatic heterocycles. The van der Waals surface area contributed by atoms with Gasteiger partial charge in [0, 0.05) is 13.2 Å². The molecule has 1 atom stereocenters. The van der Waals surface area contributed by atoms with Gasteiger partial charge in [-0.3, -0.25) is 9.67 Å². The predicted octanol–water partition coefficient (Wildman–Crippen LogP) is 1.27. The number of halogens is 1. The minimum Gasteiger partial charge on any atom is -0.493 e. The summed E-state index contributed by atoms with van der Waals surface area (Å²) in [5.74, 6) is 0.287. The third-order valence-corrected chi connectivity index (χ3v) is 2.79. The maximum absolute atomic E-state index is 13.2. The molecule has 0 aliphatic carbocycles. The van der Waals surface area contributed by atoms with Crippen molar-refractivity contribution in [2.75, 3.05) is 14.2 Å². The van der Waals surface area contributed by atoms with Gasteiger partial charge in [-0.1, -0.05) is 0 Å². The third kappa shape index (κ3) is 2.19. The van der Waals surface area contributed by atoms with E-state index >= 15 is 0 Å². The fraction of sp³-hybridized carbons (Fsp3) is 0.333. The van der Waals surface area contributed by atoms with Crippen molar-refractivity contribution in [2.24, 2.45) is 7.05 Å². The Morgan fingerprint density at radius 1 is 1.39 bits per heavy atom. The van der Waals surface area contributed by atoms with Crippen molar-refractivity contribution in [3.8, 4) is 5.75 Å². The summed E-state index contributed by atoms with van der Waals surface area (Å²) in [5, 5.41) is 7.26. The zero-order chi connectivity index (χ0) is 13.1. The molecule has 1 unspecified atom stereocenters. The van der Waals surface area contributed by atoms with E-state index in [1.165, 1.54) is 12.3 Å². The van der Waals surface area contributed by atoms with Gasteiger partial charge in [0.2, 0.25) is 0 Å². The number of methoxy groups -OCH3 is 1. The monoisotopic (exact) mass is 250 g/mol. The van der Waals surface area contributed by atoms with Crippen LogP contribution in [0.5, 0.6) is 5.75 Å². The molecule has 0 fully saturated rings. The molecule has 2 rings (SSSR count). The van der Waals surface area contributed by atoms with Crippen LogP contribution in [0.4, 0.5) is 4.39 Å². The molecule has 0 amide bonds. The molecule has 0 aliphatic rings. The van der Waals surface area contributed by atoms with Gasteiger partial charge in [-0.05, 0) is 18.7 Å². The zero-order valence-electron chi connectivity index (χ0n) is 10.5. The lowest BCUT2D eigenvalue weighted by Gasteiger charge is -2.18. The number of hydrogen-bond acceptors (Lipinski definition) is 4. The summed E-state index contributed by atoms with van der Waals surface area (Å²) in [4.78, 5) is 3.86. The highest BCUT2D eigenvalue weighted by Crippen LogP contribution is 2.28. The van der Waals surface area contributed by atoms with Crippen LogP contribution in [-0.2, 0) is 7.05 Å². The Hall–Kier alpha value is -1.95. The van der Waals surface area contributed by atoms with E-state index in [1.54, 1.807) is 31.2 Å². The molecule has 0 spiro atoms. The van der Waals surface area contributed by atoms with Crippen molar-refractivity contribution >= 4 is 0 Å². The second-order valence-corrected chi connectivity index (χ2v) is 3.88.